The van der Waals surface area contributed by atoms with Crippen LogP contribution >= 0.6 is 0 Å². The maximum absolute atomic E-state index is 13.1. The molecule has 2 N–H and O–H groups in total. The molecule has 1 atom stereocenters. The third kappa shape index (κ3) is 6.97. The van der Waals surface area contributed by atoms with Crippen LogP contribution in [0.1, 0.15) is 6.42 Å². The molecule has 0 saturated carbocycles. The zero-order valence-corrected chi connectivity index (χ0v) is 10.1. The molecule has 0 bridgehead atoms. The van der Waals surface area contributed by atoms with Crippen LogP contribution in [0.25, 0.3) is 0 Å². The van der Waals surface area contributed by atoms with E-state index in [0.29, 0.717) is 0 Å². The van der Waals surface area contributed by atoms with Gasteiger partial charge in [-0.3, -0.25) is 0 Å². The molecule has 0 amide bonds. The fourth-order valence-electron chi connectivity index (χ4n) is 1.31. The van der Waals surface area contributed by atoms with Gasteiger partial charge in [0.1, 0.15) is 12.7 Å². The average Bonchev–Trinajstić information content (AvgIpc) is 2.32. The molecule has 1 aromatic carbocycles. The minimum absolute atomic E-state index is 0.00292. The first-order valence-electron chi connectivity index (χ1n) is 5.71. The van der Waals surface area contributed by atoms with Crippen molar-refractivity contribution in [2.45, 2.75) is 18.7 Å². The molecule has 0 radical (unpaired) electrons. The highest BCUT2D eigenvalue weighted by Crippen LogP contribution is 2.18. The molecular weight excluding hydrogens is 266 g/mol. The van der Waals surface area contributed by atoms with E-state index in [-0.39, 0.29) is 25.4 Å². The topological polar surface area (TPSA) is 41.5 Å². The van der Waals surface area contributed by atoms with E-state index < -0.39 is 24.5 Å². The maximum Gasteiger partial charge on any atom is 0.390 e. The summed E-state index contributed by atoms with van der Waals surface area (Å²) in [5.41, 5.74) is 0. The lowest BCUT2D eigenvalue weighted by molar-refractivity contribution is -0.133. The molecule has 0 fully saturated rings. The van der Waals surface area contributed by atoms with E-state index >= 15 is 0 Å². The van der Waals surface area contributed by atoms with Crippen LogP contribution in [0.4, 0.5) is 17.6 Å². The molecule has 1 rings (SSSR count). The van der Waals surface area contributed by atoms with Crippen LogP contribution in [-0.2, 0) is 0 Å². The van der Waals surface area contributed by atoms with Gasteiger partial charge in [0.05, 0.1) is 6.42 Å². The van der Waals surface area contributed by atoms with Crippen LogP contribution in [0, 0.1) is 5.82 Å². The number of aliphatic hydroxyl groups excluding tert-OH is 1. The van der Waals surface area contributed by atoms with Gasteiger partial charge in [-0.2, -0.15) is 13.2 Å². The first-order chi connectivity index (χ1) is 8.88. The van der Waals surface area contributed by atoms with Gasteiger partial charge in [0.25, 0.3) is 0 Å². The number of ether oxygens (including phenoxy) is 1. The smallest absolute Gasteiger partial charge is 0.390 e. The third-order valence-corrected chi connectivity index (χ3v) is 2.23. The Bertz CT molecular complexity index is 384. The molecule has 0 aliphatic carbocycles. The molecule has 19 heavy (non-hydrogen) atoms. The van der Waals surface area contributed by atoms with Crippen LogP contribution < -0.4 is 10.1 Å². The Hall–Kier alpha value is -1.34. The molecule has 0 spiro atoms. The summed E-state index contributed by atoms with van der Waals surface area (Å²) >= 11 is 0. The van der Waals surface area contributed by atoms with Gasteiger partial charge in [0.15, 0.2) is 11.6 Å². The quantitative estimate of drug-likeness (QED) is 0.594. The molecule has 0 aliphatic rings. The predicted octanol–water partition coefficient (Wildman–Crippen LogP) is 2.11. The van der Waals surface area contributed by atoms with Crippen LogP contribution in [-0.4, -0.2) is 37.1 Å². The number of hydrogen-bond acceptors (Lipinski definition) is 3. The number of benzene rings is 1. The van der Waals surface area contributed by atoms with E-state index in [1.54, 1.807) is 6.07 Å². The number of hydrogen-bond donors (Lipinski definition) is 2. The van der Waals surface area contributed by atoms with Gasteiger partial charge in [-0.25, -0.2) is 4.39 Å². The minimum Gasteiger partial charge on any atom is -0.488 e. The van der Waals surface area contributed by atoms with E-state index in [0.717, 1.165) is 0 Å². The Balaban J connectivity index is 2.18. The Morgan fingerprint density at radius 2 is 1.95 bits per heavy atom. The SMILES string of the molecule is OC(CNCCC(F)(F)F)COc1ccccc1F. The van der Waals surface area contributed by atoms with Crippen molar-refractivity contribution in [1.29, 1.82) is 0 Å². The lowest BCUT2D eigenvalue weighted by atomic mass is 10.3. The average molecular weight is 281 g/mol. The van der Waals surface area contributed by atoms with Crippen molar-refractivity contribution in [2.24, 2.45) is 0 Å². The monoisotopic (exact) mass is 281 g/mol. The molecule has 0 aromatic heterocycles. The Morgan fingerprint density at radius 1 is 1.26 bits per heavy atom. The molecule has 0 heterocycles. The second kappa shape index (κ2) is 7.30. The van der Waals surface area contributed by atoms with Crippen LogP contribution in [0.2, 0.25) is 0 Å². The molecule has 1 aromatic rings. The summed E-state index contributed by atoms with van der Waals surface area (Å²) in [6.45, 7) is -0.523. The van der Waals surface area contributed by atoms with Gasteiger partial charge < -0.3 is 15.2 Å². The first-order valence-corrected chi connectivity index (χ1v) is 5.71. The Labute approximate surface area is 108 Å². The zero-order valence-electron chi connectivity index (χ0n) is 10.1. The summed E-state index contributed by atoms with van der Waals surface area (Å²) in [6.07, 6.45) is -6.19. The van der Waals surface area contributed by atoms with Crippen molar-refractivity contribution in [3.05, 3.63) is 30.1 Å². The molecule has 0 aliphatic heterocycles. The summed E-state index contributed by atoms with van der Waals surface area (Å²) in [6, 6.07) is 5.69. The van der Waals surface area contributed by atoms with Gasteiger partial charge >= 0.3 is 6.18 Å². The molecule has 0 saturated heterocycles. The highest BCUT2D eigenvalue weighted by atomic mass is 19.4. The molecule has 108 valence electrons. The van der Waals surface area contributed by atoms with Crippen LogP contribution in [0.15, 0.2) is 24.3 Å². The number of alkyl halides is 3. The fourth-order valence-corrected chi connectivity index (χ4v) is 1.31. The molecule has 7 heteroatoms. The van der Waals surface area contributed by atoms with Crippen molar-refractivity contribution in [3.8, 4) is 5.75 Å². The summed E-state index contributed by atoms with van der Waals surface area (Å²) in [5, 5.41) is 11.9. The second-order valence-electron chi connectivity index (χ2n) is 3.96. The van der Waals surface area contributed by atoms with E-state index in [4.69, 9.17) is 4.74 Å². The number of aliphatic hydroxyl groups is 1. The third-order valence-electron chi connectivity index (χ3n) is 2.23. The zero-order chi connectivity index (χ0) is 14.3. The highest BCUT2D eigenvalue weighted by molar-refractivity contribution is 5.23. The van der Waals surface area contributed by atoms with Crippen LogP contribution in [0.3, 0.4) is 0 Å². The number of halogens is 4. The van der Waals surface area contributed by atoms with Crippen LogP contribution in [0.5, 0.6) is 5.75 Å². The Kier molecular flexibility index (Phi) is 6.04. The lowest BCUT2D eigenvalue weighted by Gasteiger charge is -2.14. The van der Waals surface area contributed by atoms with Crippen molar-refractivity contribution >= 4 is 0 Å². The molecule has 3 nitrogen and oxygen atoms in total. The predicted molar refractivity (Wildman–Crippen MR) is 61.4 cm³/mol. The molecular formula is C12H15F4NO2. The highest BCUT2D eigenvalue weighted by Gasteiger charge is 2.26. The minimum atomic E-state index is -4.22. The molecule has 1 unspecified atom stereocenters. The van der Waals surface area contributed by atoms with Gasteiger partial charge in [0.2, 0.25) is 0 Å². The number of para-hydroxylation sites is 1. The summed E-state index contributed by atoms with van der Waals surface area (Å²) in [4.78, 5) is 0. The largest absolute Gasteiger partial charge is 0.488 e. The normalized spacial score (nSPS) is 13.3. The van der Waals surface area contributed by atoms with Crippen molar-refractivity contribution in [3.63, 3.8) is 0 Å². The summed E-state index contributed by atoms with van der Waals surface area (Å²) in [7, 11) is 0. The van der Waals surface area contributed by atoms with Gasteiger partial charge in [0, 0.05) is 13.1 Å². The van der Waals surface area contributed by atoms with Crippen molar-refractivity contribution < 1.29 is 27.4 Å². The first kappa shape index (κ1) is 15.7. The fraction of sp³-hybridized carbons (Fsp3) is 0.500. The number of rotatable bonds is 7. The van der Waals surface area contributed by atoms with Crippen molar-refractivity contribution in [1.82, 2.24) is 5.32 Å². The maximum atomic E-state index is 13.1. The summed E-state index contributed by atoms with van der Waals surface area (Å²) in [5.74, 6) is -0.559. The van der Waals surface area contributed by atoms with Gasteiger partial charge in [-0.05, 0) is 12.1 Å². The summed E-state index contributed by atoms with van der Waals surface area (Å²) < 4.78 is 53.6. The van der Waals surface area contributed by atoms with Gasteiger partial charge in [-0.1, -0.05) is 12.1 Å². The second-order valence-corrected chi connectivity index (χ2v) is 3.96. The van der Waals surface area contributed by atoms with E-state index in [2.05, 4.69) is 5.32 Å². The Morgan fingerprint density at radius 3 is 2.58 bits per heavy atom. The van der Waals surface area contributed by atoms with Crippen molar-refractivity contribution in [2.75, 3.05) is 19.7 Å². The van der Waals surface area contributed by atoms with E-state index in [1.807, 2.05) is 0 Å². The lowest BCUT2D eigenvalue weighted by Crippen LogP contribution is -2.33. The van der Waals surface area contributed by atoms with E-state index in [9.17, 15) is 22.7 Å². The number of nitrogens with one attached hydrogen (secondary N) is 1. The van der Waals surface area contributed by atoms with Gasteiger partial charge in [-0.15, -0.1) is 0 Å². The van der Waals surface area contributed by atoms with E-state index in [1.165, 1.54) is 18.2 Å². The standard InChI is InChI=1S/C12H15F4NO2/c13-10-3-1-2-4-11(10)19-8-9(18)7-17-6-5-12(14,15)16/h1-4,9,17-18H,5-8H2.